The molecule has 1 atom stereocenters. The van der Waals surface area contributed by atoms with Crippen LogP contribution in [0, 0.1) is 5.92 Å². The molecule has 0 radical (unpaired) electrons. The van der Waals surface area contributed by atoms with Gasteiger partial charge >= 0.3 is 12.0 Å². The van der Waals surface area contributed by atoms with E-state index in [0.717, 1.165) is 0 Å². The van der Waals surface area contributed by atoms with Crippen molar-refractivity contribution in [3.8, 4) is 0 Å². The third kappa shape index (κ3) is 3.26. The second-order valence-corrected chi connectivity index (χ2v) is 3.54. The predicted octanol–water partition coefficient (Wildman–Crippen LogP) is 0.594. The number of aromatic nitrogens is 2. The van der Waals surface area contributed by atoms with Gasteiger partial charge in [-0.25, -0.2) is 4.79 Å². The Kier molecular flexibility index (Phi) is 3.87. The van der Waals surface area contributed by atoms with Crippen molar-refractivity contribution in [1.29, 1.82) is 0 Å². The smallest absolute Gasteiger partial charge is 0.321 e. The highest BCUT2D eigenvalue weighted by atomic mass is 16.4. The summed E-state index contributed by atoms with van der Waals surface area (Å²) in [5.74, 6) is -1.52. The van der Waals surface area contributed by atoms with Gasteiger partial charge in [-0.05, 0) is 0 Å². The number of aromatic amines is 1. The van der Waals surface area contributed by atoms with E-state index in [1.807, 2.05) is 0 Å². The first-order chi connectivity index (χ1) is 7.50. The summed E-state index contributed by atoms with van der Waals surface area (Å²) in [6.07, 6.45) is 3.00. The zero-order valence-electron chi connectivity index (χ0n) is 9.10. The Morgan fingerprint density at radius 2 is 2.38 bits per heavy atom. The van der Waals surface area contributed by atoms with Crippen LogP contribution >= 0.6 is 0 Å². The third-order valence-electron chi connectivity index (χ3n) is 2.07. The molecule has 0 aliphatic carbocycles. The number of amides is 2. The van der Waals surface area contributed by atoms with E-state index in [9.17, 15) is 9.59 Å². The molecule has 16 heavy (non-hydrogen) atoms. The summed E-state index contributed by atoms with van der Waals surface area (Å²) in [6.45, 7) is 1.70. The Morgan fingerprint density at radius 3 is 2.88 bits per heavy atom. The summed E-state index contributed by atoms with van der Waals surface area (Å²) in [5.41, 5.74) is 0.542. The molecular weight excluding hydrogens is 212 g/mol. The lowest BCUT2D eigenvalue weighted by molar-refractivity contribution is -0.141. The number of carbonyl (C=O) groups is 2. The van der Waals surface area contributed by atoms with E-state index in [0.29, 0.717) is 5.69 Å². The highest BCUT2D eigenvalue weighted by Gasteiger charge is 2.17. The van der Waals surface area contributed by atoms with E-state index in [-0.39, 0.29) is 12.6 Å². The van der Waals surface area contributed by atoms with Crippen LogP contribution in [-0.4, -0.2) is 45.8 Å². The van der Waals surface area contributed by atoms with Crippen LogP contribution in [0.3, 0.4) is 0 Å². The summed E-state index contributed by atoms with van der Waals surface area (Å²) >= 11 is 0. The number of urea groups is 1. The molecule has 1 unspecified atom stereocenters. The fourth-order valence-corrected chi connectivity index (χ4v) is 1.11. The third-order valence-corrected chi connectivity index (χ3v) is 2.07. The van der Waals surface area contributed by atoms with Gasteiger partial charge in [-0.3, -0.25) is 9.89 Å². The second kappa shape index (κ2) is 5.15. The average molecular weight is 226 g/mol. The maximum absolute atomic E-state index is 11.5. The van der Waals surface area contributed by atoms with Gasteiger partial charge in [0.05, 0.1) is 17.8 Å². The molecule has 1 aromatic heterocycles. The number of rotatable bonds is 4. The van der Waals surface area contributed by atoms with E-state index >= 15 is 0 Å². The molecule has 7 nitrogen and oxygen atoms in total. The SMILES string of the molecule is CC(CN(C)C(=O)Nc1cn[nH]c1)C(=O)O. The molecule has 0 saturated heterocycles. The largest absolute Gasteiger partial charge is 0.481 e. The quantitative estimate of drug-likeness (QED) is 0.699. The Hall–Kier alpha value is -2.05. The topological polar surface area (TPSA) is 98.3 Å². The summed E-state index contributed by atoms with van der Waals surface area (Å²) < 4.78 is 0. The molecule has 0 bridgehead atoms. The van der Waals surface area contributed by atoms with Crippen LogP contribution in [-0.2, 0) is 4.79 Å². The summed E-state index contributed by atoms with van der Waals surface area (Å²) in [7, 11) is 1.54. The van der Waals surface area contributed by atoms with Gasteiger partial charge in [0.2, 0.25) is 0 Å². The number of carbonyl (C=O) groups excluding carboxylic acids is 1. The van der Waals surface area contributed by atoms with Crippen LogP contribution < -0.4 is 5.32 Å². The normalized spacial score (nSPS) is 11.9. The molecule has 1 aromatic rings. The first kappa shape index (κ1) is 12.0. The van der Waals surface area contributed by atoms with Crippen LogP contribution in [0.15, 0.2) is 12.4 Å². The monoisotopic (exact) mass is 226 g/mol. The lowest BCUT2D eigenvalue weighted by atomic mass is 10.2. The molecule has 1 rings (SSSR count). The first-order valence-electron chi connectivity index (χ1n) is 4.74. The average Bonchev–Trinajstić information content (AvgIpc) is 2.69. The second-order valence-electron chi connectivity index (χ2n) is 3.54. The minimum Gasteiger partial charge on any atom is -0.481 e. The maximum atomic E-state index is 11.5. The fourth-order valence-electron chi connectivity index (χ4n) is 1.11. The van der Waals surface area contributed by atoms with Gasteiger partial charge in [-0.15, -0.1) is 0 Å². The molecule has 7 heteroatoms. The van der Waals surface area contributed by atoms with Crippen molar-refractivity contribution in [1.82, 2.24) is 15.1 Å². The van der Waals surface area contributed by atoms with Gasteiger partial charge in [-0.2, -0.15) is 5.10 Å². The molecule has 0 fully saturated rings. The molecular formula is C9H14N4O3. The number of hydrogen-bond donors (Lipinski definition) is 3. The zero-order chi connectivity index (χ0) is 12.1. The van der Waals surface area contributed by atoms with Crippen LogP contribution in [0.2, 0.25) is 0 Å². The van der Waals surface area contributed by atoms with Gasteiger partial charge in [0.25, 0.3) is 0 Å². The van der Waals surface area contributed by atoms with E-state index in [1.165, 1.54) is 24.3 Å². The lowest BCUT2D eigenvalue weighted by Crippen LogP contribution is -2.36. The van der Waals surface area contributed by atoms with Crippen LogP contribution in [0.1, 0.15) is 6.92 Å². The molecule has 0 aromatic carbocycles. The molecule has 0 aliphatic rings. The summed E-state index contributed by atoms with van der Waals surface area (Å²) in [4.78, 5) is 23.5. The fraction of sp³-hybridized carbons (Fsp3) is 0.444. The number of aliphatic carboxylic acids is 1. The molecule has 0 aliphatic heterocycles. The van der Waals surface area contributed by atoms with Crippen molar-refractivity contribution in [2.24, 2.45) is 5.92 Å². The lowest BCUT2D eigenvalue weighted by Gasteiger charge is -2.19. The molecule has 88 valence electrons. The highest BCUT2D eigenvalue weighted by molar-refractivity contribution is 5.89. The van der Waals surface area contributed by atoms with Crippen molar-refractivity contribution in [2.75, 3.05) is 18.9 Å². The molecule has 0 spiro atoms. The van der Waals surface area contributed by atoms with Crippen molar-refractivity contribution in [3.63, 3.8) is 0 Å². The number of hydrogen-bond acceptors (Lipinski definition) is 3. The Labute approximate surface area is 92.4 Å². The predicted molar refractivity (Wildman–Crippen MR) is 57.0 cm³/mol. The van der Waals surface area contributed by atoms with Gasteiger partial charge in [0.1, 0.15) is 0 Å². The number of anilines is 1. The maximum Gasteiger partial charge on any atom is 0.321 e. The van der Waals surface area contributed by atoms with Crippen LogP contribution in [0.5, 0.6) is 0 Å². The molecule has 3 N–H and O–H groups in total. The van der Waals surface area contributed by atoms with Crippen molar-refractivity contribution < 1.29 is 14.7 Å². The standard InChI is InChI=1S/C9H14N4O3/c1-6(8(14)15)5-13(2)9(16)12-7-3-10-11-4-7/h3-4,6H,5H2,1-2H3,(H,10,11)(H,12,16)(H,14,15). The minimum atomic E-state index is -0.928. The van der Waals surface area contributed by atoms with Gasteiger partial charge in [0, 0.05) is 19.8 Å². The number of nitrogens with zero attached hydrogens (tertiary/aromatic N) is 2. The van der Waals surface area contributed by atoms with E-state index in [2.05, 4.69) is 15.5 Å². The minimum absolute atomic E-state index is 0.152. The zero-order valence-corrected chi connectivity index (χ0v) is 9.10. The van der Waals surface area contributed by atoms with Crippen molar-refractivity contribution in [3.05, 3.63) is 12.4 Å². The van der Waals surface area contributed by atoms with Gasteiger partial charge in [-0.1, -0.05) is 6.92 Å². The first-order valence-corrected chi connectivity index (χ1v) is 4.74. The molecule has 2 amide bonds. The number of carboxylic acid groups (broad SMARTS) is 1. The highest BCUT2D eigenvalue weighted by Crippen LogP contribution is 2.04. The van der Waals surface area contributed by atoms with Crippen LogP contribution in [0.25, 0.3) is 0 Å². The Balaban J connectivity index is 2.45. The molecule has 1 heterocycles. The number of H-pyrrole nitrogens is 1. The molecule has 0 saturated carbocycles. The van der Waals surface area contributed by atoms with E-state index < -0.39 is 11.9 Å². The van der Waals surface area contributed by atoms with Crippen molar-refractivity contribution >= 4 is 17.7 Å². The van der Waals surface area contributed by atoms with Crippen LogP contribution in [0.4, 0.5) is 10.5 Å². The van der Waals surface area contributed by atoms with Gasteiger partial charge in [0.15, 0.2) is 0 Å². The van der Waals surface area contributed by atoms with E-state index in [1.54, 1.807) is 6.92 Å². The Bertz CT molecular complexity index is 363. The number of carboxylic acids is 1. The summed E-state index contributed by atoms with van der Waals surface area (Å²) in [6, 6.07) is -0.366. The number of nitrogens with one attached hydrogen (secondary N) is 2. The van der Waals surface area contributed by atoms with Crippen molar-refractivity contribution in [2.45, 2.75) is 6.92 Å². The van der Waals surface area contributed by atoms with Gasteiger partial charge < -0.3 is 15.3 Å². The Morgan fingerprint density at radius 1 is 1.69 bits per heavy atom. The summed E-state index contributed by atoms with van der Waals surface area (Å²) in [5, 5.41) is 17.5. The van der Waals surface area contributed by atoms with E-state index in [4.69, 9.17) is 5.11 Å².